The summed E-state index contributed by atoms with van der Waals surface area (Å²) in [5.41, 5.74) is 4.44. The molecule has 0 amide bonds. The monoisotopic (exact) mass is 402 g/mol. The Morgan fingerprint density at radius 1 is 1.15 bits per heavy atom. The molecule has 3 aromatic rings. The van der Waals surface area contributed by atoms with Crippen LogP contribution >= 0.6 is 11.3 Å². The maximum Gasteiger partial charge on any atom is 0.308 e. The average Bonchev–Trinajstić information content (AvgIpc) is 3.22. The van der Waals surface area contributed by atoms with Crippen molar-refractivity contribution in [3.05, 3.63) is 62.8 Å². The second-order valence-corrected chi connectivity index (χ2v) is 9.67. The van der Waals surface area contributed by atoms with Crippen LogP contribution in [0.3, 0.4) is 0 Å². The van der Waals surface area contributed by atoms with Crippen LogP contribution in [-0.4, -0.2) is 13.0 Å². The Balaban J connectivity index is 1.63. The van der Waals surface area contributed by atoms with E-state index in [1.807, 2.05) is 19.9 Å². The quantitative estimate of drug-likeness (QED) is 0.709. The number of nitrogens with zero attached hydrogens (tertiary/aromatic N) is 1. The summed E-state index contributed by atoms with van der Waals surface area (Å²) in [5, 5.41) is 0. The zero-order chi connectivity index (χ0) is 19.2. The van der Waals surface area contributed by atoms with Gasteiger partial charge in [-0.15, -0.1) is 0 Å². The van der Waals surface area contributed by atoms with E-state index < -0.39 is 10.0 Å². The summed E-state index contributed by atoms with van der Waals surface area (Å²) in [6.07, 6.45) is 3.34. The topological polar surface area (TPSA) is 68.2 Å². The van der Waals surface area contributed by atoms with Gasteiger partial charge in [-0.05, 0) is 68.0 Å². The first-order valence-electron chi connectivity index (χ1n) is 9.16. The third kappa shape index (κ3) is 3.35. The lowest BCUT2D eigenvalue weighted by Crippen LogP contribution is -2.27. The van der Waals surface area contributed by atoms with Gasteiger partial charge >= 0.3 is 4.87 Å². The molecule has 0 fully saturated rings. The summed E-state index contributed by atoms with van der Waals surface area (Å²) in [7, 11) is -3.68. The molecule has 0 saturated heterocycles. The highest BCUT2D eigenvalue weighted by molar-refractivity contribution is 7.89. The van der Waals surface area contributed by atoms with E-state index in [-0.39, 0.29) is 15.8 Å². The second kappa shape index (κ2) is 6.89. The van der Waals surface area contributed by atoms with Crippen LogP contribution in [-0.2, 0) is 29.4 Å². The Labute approximate surface area is 162 Å². The lowest BCUT2D eigenvalue weighted by Gasteiger charge is -2.16. The molecule has 7 heteroatoms. The van der Waals surface area contributed by atoms with Gasteiger partial charge in [-0.1, -0.05) is 29.5 Å². The molecule has 0 unspecified atom stereocenters. The molecular formula is C20H22N2O3S2. The first-order chi connectivity index (χ1) is 12.9. The number of benzene rings is 2. The fourth-order valence-corrected chi connectivity index (χ4v) is 6.07. The predicted molar refractivity (Wildman–Crippen MR) is 109 cm³/mol. The van der Waals surface area contributed by atoms with Gasteiger partial charge < -0.3 is 0 Å². The van der Waals surface area contributed by atoms with Crippen molar-refractivity contribution in [3.63, 3.8) is 0 Å². The van der Waals surface area contributed by atoms with Gasteiger partial charge in [0.25, 0.3) is 0 Å². The molecule has 1 N–H and O–H groups in total. The van der Waals surface area contributed by atoms with E-state index in [4.69, 9.17) is 0 Å². The predicted octanol–water partition coefficient (Wildman–Crippen LogP) is 3.61. The maximum atomic E-state index is 12.9. The second-order valence-electron chi connectivity index (χ2n) is 6.97. The summed E-state index contributed by atoms with van der Waals surface area (Å²) in [5.74, 6) is 0. The minimum absolute atomic E-state index is 0.0680. The van der Waals surface area contributed by atoms with E-state index in [2.05, 4.69) is 16.9 Å². The van der Waals surface area contributed by atoms with Gasteiger partial charge in [0.1, 0.15) is 0 Å². The Morgan fingerprint density at radius 3 is 2.70 bits per heavy atom. The summed E-state index contributed by atoms with van der Waals surface area (Å²) in [6.45, 7) is 4.33. The van der Waals surface area contributed by atoms with Gasteiger partial charge in [0, 0.05) is 12.6 Å². The number of rotatable bonds is 5. The molecule has 1 aliphatic rings. The Kier molecular flexibility index (Phi) is 4.70. The summed E-state index contributed by atoms with van der Waals surface area (Å²) in [6, 6.07) is 10.8. The number of hydrogen-bond donors (Lipinski definition) is 1. The van der Waals surface area contributed by atoms with E-state index in [0.29, 0.717) is 11.2 Å². The summed E-state index contributed by atoms with van der Waals surface area (Å²) < 4.78 is 30.8. The first kappa shape index (κ1) is 18.4. The normalized spacial score (nSPS) is 15.2. The smallest absolute Gasteiger partial charge is 0.299 e. The molecule has 1 aromatic heterocycles. The van der Waals surface area contributed by atoms with Crippen LogP contribution in [0.5, 0.6) is 0 Å². The van der Waals surface area contributed by atoms with Gasteiger partial charge in [0.05, 0.1) is 15.1 Å². The van der Waals surface area contributed by atoms with Crippen LogP contribution in [0.4, 0.5) is 0 Å². The van der Waals surface area contributed by atoms with Crippen molar-refractivity contribution in [2.24, 2.45) is 0 Å². The van der Waals surface area contributed by atoms with Crippen molar-refractivity contribution >= 4 is 31.6 Å². The molecule has 0 radical (unpaired) electrons. The van der Waals surface area contributed by atoms with Crippen LogP contribution in [0.15, 0.2) is 46.1 Å². The number of hydrogen-bond acceptors (Lipinski definition) is 4. The molecule has 27 heavy (non-hydrogen) atoms. The number of sulfonamides is 1. The van der Waals surface area contributed by atoms with Crippen molar-refractivity contribution in [2.75, 3.05) is 0 Å². The van der Waals surface area contributed by atoms with Crippen molar-refractivity contribution in [3.8, 4) is 0 Å². The zero-order valence-electron chi connectivity index (χ0n) is 15.4. The van der Waals surface area contributed by atoms with Crippen LogP contribution in [0.25, 0.3) is 10.2 Å². The van der Waals surface area contributed by atoms with Crippen LogP contribution < -0.4 is 9.60 Å². The van der Waals surface area contributed by atoms with Gasteiger partial charge in [-0.3, -0.25) is 9.36 Å². The van der Waals surface area contributed by atoms with Crippen molar-refractivity contribution in [1.82, 2.24) is 9.29 Å². The lowest BCUT2D eigenvalue weighted by atomic mass is 10.0. The molecule has 5 nitrogen and oxygen atoms in total. The third-order valence-electron chi connectivity index (χ3n) is 5.22. The molecular weight excluding hydrogens is 380 g/mol. The first-order valence-corrected chi connectivity index (χ1v) is 11.5. The molecule has 4 rings (SSSR count). The highest BCUT2D eigenvalue weighted by Gasteiger charge is 2.21. The minimum Gasteiger partial charge on any atom is -0.299 e. The van der Waals surface area contributed by atoms with Crippen LogP contribution in [0, 0.1) is 0 Å². The fraction of sp³-hybridized carbons (Fsp3) is 0.350. The molecule has 2 aromatic carbocycles. The molecule has 0 aliphatic heterocycles. The number of fused-ring (bicyclic) bond motifs is 2. The van der Waals surface area contributed by atoms with Gasteiger partial charge in [0.15, 0.2) is 0 Å². The summed E-state index contributed by atoms with van der Waals surface area (Å²) >= 11 is 1.08. The molecule has 1 atom stereocenters. The molecule has 1 aliphatic carbocycles. The van der Waals surface area contributed by atoms with E-state index in [0.717, 1.165) is 35.3 Å². The Hall–Kier alpha value is -1.96. The number of nitrogens with one attached hydrogen (secondary N) is 1. The average molecular weight is 403 g/mol. The van der Waals surface area contributed by atoms with Crippen molar-refractivity contribution in [2.45, 2.75) is 50.6 Å². The van der Waals surface area contributed by atoms with Crippen molar-refractivity contribution in [1.29, 1.82) is 0 Å². The highest BCUT2D eigenvalue weighted by Crippen LogP contribution is 2.27. The van der Waals surface area contributed by atoms with E-state index in [9.17, 15) is 13.2 Å². The standard InChI is InChI=1S/C20H22N2O3S2/c1-3-22-18-10-9-17(12-19(18)26-20(22)23)27(24,25)21-13(2)15-8-7-14-5-4-6-16(14)11-15/h7-13,21H,3-6H2,1-2H3/t13-/m0/s1. The van der Waals surface area contributed by atoms with Crippen LogP contribution in [0.1, 0.15) is 43.0 Å². The van der Waals surface area contributed by atoms with Gasteiger partial charge in [0.2, 0.25) is 10.0 Å². The third-order valence-corrected chi connectivity index (χ3v) is 7.70. The number of aryl methyl sites for hydroxylation is 3. The number of thiazole rings is 1. The van der Waals surface area contributed by atoms with E-state index >= 15 is 0 Å². The fourth-order valence-electron chi connectivity index (χ4n) is 3.74. The molecule has 0 bridgehead atoms. The lowest BCUT2D eigenvalue weighted by molar-refractivity contribution is 0.567. The number of aromatic nitrogens is 1. The van der Waals surface area contributed by atoms with Gasteiger partial charge in [-0.2, -0.15) is 0 Å². The SMILES string of the molecule is CCn1c(=O)sc2cc(S(=O)(=O)N[C@@H](C)c3ccc4c(c3)CCC4)ccc21. The minimum atomic E-state index is -3.68. The molecule has 0 saturated carbocycles. The Bertz CT molecular complexity index is 1180. The Morgan fingerprint density at radius 2 is 1.93 bits per heavy atom. The molecule has 1 heterocycles. The summed E-state index contributed by atoms with van der Waals surface area (Å²) in [4.78, 5) is 12.1. The largest absolute Gasteiger partial charge is 0.308 e. The van der Waals surface area contributed by atoms with Gasteiger partial charge in [-0.25, -0.2) is 13.1 Å². The molecule has 142 valence electrons. The van der Waals surface area contributed by atoms with Crippen molar-refractivity contribution < 1.29 is 8.42 Å². The van der Waals surface area contributed by atoms with E-state index in [1.165, 1.54) is 17.5 Å². The van der Waals surface area contributed by atoms with Crippen LogP contribution in [0.2, 0.25) is 0 Å². The van der Waals surface area contributed by atoms with E-state index in [1.54, 1.807) is 22.8 Å². The molecule has 0 spiro atoms. The maximum absolute atomic E-state index is 12.9. The zero-order valence-corrected chi connectivity index (χ0v) is 17.0. The highest BCUT2D eigenvalue weighted by atomic mass is 32.2.